The van der Waals surface area contributed by atoms with E-state index in [1.165, 1.54) is 0 Å². The van der Waals surface area contributed by atoms with E-state index in [2.05, 4.69) is 126 Å². The highest BCUT2D eigenvalue weighted by molar-refractivity contribution is 6.14. The normalized spacial score (nSPS) is 12.8. The predicted molar refractivity (Wildman–Crippen MR) is 252 cm³/mol. The van der Waals surface area contributed by atoms with E-state index in [4.69, 9.17) is 13.8 Å². The summed E-state index contributed by atoms with van der Waals surface area (Å²) in [6.45, 7) is 0. The van der Waals surface area contributed by atoms with Crippen molar-refractivity contribution in [2.24, 2.45) is 0 Å². The molecule has 4 heterocycles. The average Bonchev–Trinajstić information content (AvgIpc) is 4.09. The molecule has 0 aliphatic heterocycles. The largest absolute Gasteiger partial charge is 0.455 e. The van der Waals surface area contributed by atoms with E-state index < -0.39 is 0 Å². The summed E-state index contributed by atoms with van der Waals surface area (Å²) in [5.74, 6) is 0.768. The zero-order valence-corrected chi connectivity index (χ0v) is 33.4. The highest BCUT2D eigenvalue weighted by atomic mass is 16.3. The number of para-hydroxylation sites is 4. The first kappa shape index (κ1) is 34.8. The summed E-state index contributed by atoms with van der Waals surface area (Å²) in [6.07, 6.45) is 4.10. The van der Waals surface area contributed by atoms with Gasteiger partial charge in [0.2, 0.25) is 0 Å². The van der Waals surface area contributed by atoms with E-state index >= 15 is 0 Å². The van der Waals surface area contributed by atoms with Crippen molar-refractivity contribution in [3.63, 3.8) is 0 Å². The van der Waals surface area contributed by atoms with Gasteiger partial charge in [0.1, 0.15) is 28.1 Å². The second-order valence-corrected chi connectivity index (χ2v) is 16.1. The van der Waals surface area contributed by atoms with Gasteiger partial charge in [0.25, 0.3) is 0 Å². The molecule has 0 amide bonds. The lowest BCUT2D eigenvalue weighted by Gasteiger charge is -2.09. The molecule has 0 unspecified atom stereocenters. The zero-order chi connectivity index (χ0) is 41.8. The molecule has 0 fully saturated rings. The molecule has 1 aliphatic rings. The summed E-state index contributed by atoms with van der Waals surface area (Å²) in [5, 5.41) is 26.2. The Labute approximate surface area is 360 Å². The third kappa shape index (κ3) is 5.20. The Morgan fingerprint density at radius 1 is 0.444 bits per heavy atom. The average molecular weight is 803 g/mol. The van der Waals surface area contributed by atoms with Gasteiger partial charge in [-0.25, -0.2) is 4.98 Å². The molecule has 63 heavy (non-hydrogen) atoms. The van der Waals surface area contributed by atoms with Gasteiger partial charge in [-0.15, -0.1) is 0 Å². The van der Waals surface area contributed by atoms with Crippen molar-refractivity contribution in [1.82, 2.24) is 9.55 Å². The Morgan fingerprint density at radius 3 is 1.67 bits per heavy atom. The minimum atomic E-state index is 0.596. The summed E-state index contributed by atoms with van der Waals surface area (Å²) >= 11 is 0. The molecule has 0 saturated heterocycles. The number of pyridine rings is 1. The third-order valence-corrected chi connectivity index (χ3v) is 12.7. The number of hydrogen-bond acceptors (Lipinski definition) is 5. The maximum atomic E-state index is 9.93. The van der Waals surface area contributed by atoms with Crippen molar-refractivity contribution in [2.45, 2.75) is 0 Å². The van der Waals surface area contributed by atoms with Gasteiger partial charge in [-0.05, 0) is 123 Å². The van der Waals surface area contributed by atoms with Crippen LogP contribution in [0.4, 0.5) is 0 Å². The number of nitriles is 2. The molecule has 0 N–H and O–H groups in total. The molecule has 12 aromatic rings. The maximum absolute atomic E-state index is 9.93. The van der Waals surface area contributed by atoms with Crippen LogP contribution in [0.3, 0.4) is 0 Å². The van der Waals surface area contributed by atoms with Gasteiger partial charge < -0.3 is 8.83 Å². The fourth-order valence-corrected chi connectivity index (χ4v) is 9.78. The van der Waals surface area contributed by atoms with Gasteiger partial charge in [-0.3, -0.25) is 4.57 Å². The van der Waals surface area contributed by atoms with Gasteiger partial charge in [-0.2, -0.15) is 10.5 Å². The molecule has 6 nitrogen and oxygen atoms in total. The molecule has 4 aromatic heterocycles. The third-order valence-electron chi connectivity index (χ3n) is 12.7. The molecule has 13 rings (SSSR count). The molecule has 0 atom stereocenters. The van der Waals surface area contributed by atoms with E-state index in [0.29, 0.717) is 11.1 Å². The number of benzene rings is 8. The molecule has 8 aromatic carbocycles. The number of aromatic nitrogens is 2. The molecule has 290 valence electrons. The quantitative estimate of drug-likeness (QED) is 0.177. The van der Waals surface area contributed by atoms with Crippen LogP contribution in [0.2, 0.25) is 0 Å². The van der Waals surface area contributed by atoms with Crippen LogP contribution in [0.1, 0.15) is 27.8 Å². The maximum Gasteiger partial charge on any atom is 0.143 e. The second-order valence-electron chi connectivity index (χ2n) is 16.1. The number of nitrogens with zero attached hydrogens (tertiary/aromatic N) is 4. The molecule has 1 aliphatic carbocycles. The summed E-state index contributed by atoms with van der Waals surface area (Å²) in [6, 6.07) is 62.5. The predicted octanol–water partition coefficient (Wildman–Crippen LogP) is 14.6. The van der Waals surface area contributed by atoms with Gasteiger partial charge in [0.05, 0.1) is 34.3 Å². The Kier molecular flexibility index (Phi) is 7.34. The first-order chi connectivity index (χ1) is 31.1. The van der Waals surface area contributed by atoms with Crippen LogP contribution in [0.5, 0.6) is 0 Å². The summed E-state index contributed by atoms with van der Waals surface area (Å²) < 4.78 is 15.0. The smallest absolute Gasteiger partial charge is 0.143 e. The van der Waals surface area contributed by atoms with Crippen LogP contribution >= 0.6 is 0 Å². The summed E-state index contributed by atoms with van der Waals surface area (Å²) in [7, 11) is 0. The van der Waals surface area contributed by atoms with Crippen LogP contribution in [-0.4, -0.2) is 9.55 Å². The minimum Gasteiger partial charge on any atom is -0.455 e. The molecule has 0 bridgehead atoms. The topological polar surface area (TPSA) is 91.7 Å². The number of fused-ring (bicyclic) bond motifs is 12. The van der Waals surface area contributed by atoms with Crippen molar-refractivity contribution in [1.29, 1.82) is 10.5 Å². The van der Waals surface area contributed by atoms with Crippen molar-refractivity contribution in [3.05, 3.63) is 204 Å². The number of rotatable bonds is 4. The summed E-state index contributed by atoms with van der Waals surface area (Å²) in [4.78, 5) is 5.08. The van der Waals surface area contributed by atoms with E-state index in [1.807, 2.05) is 72.9 Å². The van der Waals surface area contributed by atoms with Gasteiger partial charge >= 0.3 is 0 Å². The first-order valence-corrected chi connectivity index (χ1v) is 20.8. The standard InChI is InChI=1S/C57H30N4O2/c58-30-33-15-20-40-46(41-21-18-36(28-48(41)47(40)25-33)38-9-5-11-44-42-7-1-3-13-53(42)62-56(38)44)27-35-17-24-55(60-32-35)61-51-22-16-34(31-59)26-49(51)50-29-37(19-23-52(50)61)39-10-6-12-45-43-8-2-4-14-54(43)63-57(39)45/h1-29,32H/b46-27-. The lowest BCUT2D eigenvalue weighted by atomic mass is 9.96. The molecule has 6 heteroatoms. The molecular formula is C57H30N4O2. The van der Waals surface area contributed by atoms with Crippen molar-refractivity contribution >= 4 is 77.3 Å². The monoisotopic (exact) mass is 802 g/mol. The van der Waals surface area contributed by atoms with Crippen molar-refractivity contribution < 1.29 is 8.83 Å². The van der Waals surface area contributed by atoms with Gasteiger partial charge in [0, 0.05) is 49.6 Å². The highest BCUT2D eigenvalue weighted by Gasteiger charge is 2.26. The van der Waals surface area contributed by atoms with E-state index in [1.54, 1.807) is 0 Å². The lowest BCUT2D eigenvalue weighted by Crippen LogP contribution is -1.97. The Morgan fingerprint density at radius 2 is 1.00 bits per heavy atom. The van der Waals surface area contributed by atoms with E-state index in [0.717, 1.165) is 127 Å². The molecular weight excluding hydrogens is 773 g/mol. The zero-order valence-electron chi connectivity index (χ0n) is 33.4. The minimum absolute atomic E-state index is 0.596. The van der Waals surface area contributed by atoms with Crippen molar-refractivity contribution in [3.8, 4) is 51.3 Å². The van der Waals surface area contributed by atoms with Gasteiger partial charge in [-0.1, -0.05) is 97.1 Å². The second kappa shape index (κ2) is 13.3. The van der Waals surface area contributed by atoms with Crippen molar-refractivity contribution in [2.75, 3.05) is 0 Å². The fourth-order valence-electron chi connectivity index (χ4n) is 9.78. The Balaban J connectivity index is 0.916. The Bertz CT molecular complexity index is 4050. The van der Waals surface area contributed by atoms with Crippen LogP contribution in [0, 0.1) is 22.7 Å². The molecule has 0 saturated carbocycles. The summed E-state index contributed by atoms with van der Waals surface area (Å²) in [5.41, 5.74) is 17.0. The lowest BCUT2D eigenvalue weighted by molar-refractivity contribution is 0.669. The van der Waals surface area contributed by atoms with Crippen LogP contribution < -0.4 is 0 Å². The van der Waals surface area contributed by atoms with E-state index in [-0.39, 0.29) is 0 Å². The number of furan rings is 2. The van der Waals surface area contributed by atoms with Crippen LogP contribution in [0.15, 0.2) is 185 Å². The Hall–Kier alpha value is -8.97. The molecule has 0 spiro atoms. The van der Waals surface area contributed by atoms with Crippen LogP contribution in [-0.2, 0) is 0 Å². The van der Waals surface area contributed by atoms with E-state index in [9.17, 15) is 10.5 Å². The highest BCUT2D eigenvalue weighted by Crippen LogP contribution is 2.48. The van der Waals surface area contributed by atoms with Gasteiger partial charge in [0.15, 0.2) is 0 Å². The van der Waals surface area contributed by atoms with Crippen LogP contribution in [0.25, 0.3) is 117 Å². The molecule has 0 radical (unpaired) electrons. The first-order valence-electron chi connectivity index (χ1n) is 20.8. The fraction of sp³-hybridized carbons (Fsp3) is 0. The number of hydrogen-bond donors (Lipinski definition) is 0. The SMILES string of the molecule is N#Cc1ccc2c(c1)-c1cc(-c3cccc4c3oc3ccccc34)ccc1/C2=C\c1ccc(-n2c3ccc(C#N)cc3c3cc(-c4cccc5c4oc4ccccc45)ccc32)nc1.